The molecular formula is C92H96B2Br3ClF10KN18O9. The number of halogens is 14. The number of piperazine rings is 1. The summed E-state index contributed by atoms with van der Waals surface area (Å²) in [6.45, 7) is 29.8. The molecule has 136 heavy (non-hydrogen) atoms. The Morgan fingerprint density at radius 1 is 0.471 bits per heavy atom. The van der Waals surface area contributed by atoms with Gasteiger partial charge in [0, 0.05) is 77.9 Å². The maximum atomic E-state index is 15.0. The van der Waals surface area contributed by atoms with E-state index in [0.717, 1.165) is 96.6 Å². The number of aliphatic imine (C=N–C) groups is 1. The molecule has 0 spiro atoms. The van der Waals surface area contributed by atoms with Gasteiger partial charge in [-0.1, -0.05) is 61.6 Å². The Morgan fingerprint density at radius 3 is 1.32 bits per heavy atom. The van der Waals surface area contributed by atoms with Crippen molar-refractivity contribution in [1.82, 2.24) is 68.0 Å². The summed E-state index contributed by atoms with van der Waals surface area (Å²) in [5, 5.41) is 2.93. The maximum Gasteiger partial charge on any atom is 1.00 e. The molecule has 0 saturated carbocycles. The predicted molar refractivity (Wildman–Crippen MR) is 505 cm³/mol. The number of aromatic nitrogens is 13. The van der Waals surface area contributed by atoms with Crippen molar-refractivity contribution < 1.29 is 139 Å². The number of nitrogens with two attached hydrogens (primary N) is 1. The number of likely N-dealkylation sites (N-methyl/N-ethyl adjacent to an activating group) is 1. The van der Waals surface area contributed by atoms with Gasteiger partial charge in [-0.25, -0.2) is 93.8 Å². The van der Waals surface area contributed by atoms with Crippen LogP contribution in [0.2, 0.25) is 5.28 Å². The van der Waals surface area contributed by atoms with Gasteiger partial charge in [0.25, 0.3) is 0 Å². The molecule has 6 aromatic carbocycles. The van der Waals surface area contributed by atoms with Gasteiger partial charge in [-0.15, -0.1) is 0 Å². The van der Waals surface area contributed by atoms with Crippen LogP contribution in [-0.4, -0.2) is 192 Å². The minimum atomic E-state index is -0.744. The zero-order valence-electron chi connectivity index (χ0n) is 77.4. The van der Waals surface area contributed by atoms with E-state index in [-0.39, 0.29) is 148 Å². The van der Waals surface area contributed by atoms with Crippen LogP contribution in [0.5, 0.6) is 0 Å². The standard InChI is InChI=1S/C25H26F2N8O.C17H22BFN2O3.C15H11ClF2N4O.C12H12BrF2NO.C11H10BrFN2O.C6H4BrF2N.C6H10O2.B.K.H/c1-15-13-36-14-22-31-24-18(26)9-16(10-20(24)35(15)22)23-19(27)12-29-25(32-23)30-21-4-3-17(11-28-21)34-7-5-33(2)6-8-34;1-10-8-22-9-14-20-15-12(19)6-11(7-13(15)21(10)14)18-23-16(2,3)17(4,5)24-18;1-7-5-23-6-12-20-14-9(17)2-8(3-11(14)22(7)12)13-10(18)4-19-15(16)21-13;1-7-2-9(6-17-5-7)16-12-10(14)3-8(13)4-11(12)15;1-6-4-16-5-10-14-11-8(13)2-7(12)3-9(11)15(6)10;7-3-1-4(8)6(10)5(9)2-3;1-5-2-6(7)4-8-3-5;;;/h3-4,9-12,15H,5-8,13-14H2,1-2H3,(H,28,29,30,32);6-7,10H,8-9H2,1-5H3;2-4,7H,5-6H2,1H3;3-4,7H,2,5-6H2,1H3;2-3,6H,4-5H2,1H3;1-2H,10H2;5H,2-4H2,1H3;;;/q;;;;;;;;+1;-1/i;;;;;;;;;1+2. The van der Waals surface area contributed by atoms with Crippen molar-refractivity contribution in [1.29, 1.82) is 0 Å². The molecule has 713 valence electrons. The van der Waals surface area contributed by atoms with Crippen LogP contribution in [0, 0.1) is 70.0 Å². The number of pyridine rings is 1. The molecule has 8 aliphatic heterocycles. The normalized spacial score (nSPS) is 20.1. The van der Waals surface area contributed by atoms with E-state index in [0.29, 0.717) is 156 Å². The molecule has 44 heteroatoms. The van der Waals surface area contributed by atoms with E-state index >= 15 is 4.39 Å². The minimum absolute atomic E-state index is 0. The third kappa shape index (κ3) is 24.1. The van der Waals surface area contributed by atoms with E-state index in [2.05, 4.69) is 124 Å². The molecule has 8 aliphatic rings. The number of carbonyl (C=O) groups is 1. The van der Waals surface area contributed by atoms with Crippen LogP contribution in [0.3, 0.4) is 0 Å². The second-order valence-electron chi connectivity index (χ2n) is 34.8. The molecule has 15 heterocycles. The van der Waals surface area contributed by atoms with Crippen LogP contribution in [-0.2, 0) is 69.0 Å². The van der Waals surface area contributed by atoms with Gasteiger partial charge >= 0.3 is 58.5 Å². The number of hydrogen-bond donors (Lipinski definition) is 2. The molecule has 13 aromatic rings. The molecule has 27 nitrogen and oxygen atoms in total. The van der Waals surface area contributed by atoms with E-state index in [4.69, 9.17) is 55.1 Å². The second-order valence-corrected chi connectivity index (χ2v) is 37.9. The van der Waals surface area contributed by atoms with Crippen molar-refractivity contribution in [3.8, 4) is 22.5 Å². The molecule has 3 N–H and O–H groups in total. The van der Waals surface area contributed by atoms with Crippen LogP contribution in [0.25, 0.3) is 66.6 Å². The SMILES string of the molecule is CC1COCC(=Nc2c(F)cc(Br)cc2F)C1.CC1COCC(=O)C1.CC1COCc2nc3c(F)cc(-c4nc(Cl)ncc4F)cc3n21.CC1COCc2nc3c(F)cc(-c4nc(Nc5ccc(N6CCN(C)CC6)cn5)ncc4F)cc3n21.CC1COCc2nc3c(F)cc(B4OC(C)(C)C(C)(C)O4)cc3n21.CC1COCc2nc3c(F)cc(Br)cc3n21.Nc1c(F)cc(Br)cc1F.[3H-].[B].[K+]. The Kier molecular flexibility index (Phi) is 34.8. The first-order valence-electron chi connectivity index (χ1n) is 43.1. The number of benzene rings is 6. The van der Waals surface area contributed by atoms with Gasteiger partial charge in [-0.05, 0) is 183 Å². The van der Waals surface area contributed by atoms with E-state index in [9.17, 15) is 44.3 Å². The second kappa shape index (κ2) is 45.1. The fourth-order valence-corrected chi connectivity index (χ4v) is 17.7. The molecule has 0 amide bonds. The molecule has 4 fully saturated rings. The molecule has 21 rings (SSSR count). The molecule has 0 bridgehead atoms. The smallest absolute Gasteiger partial charge is 1.00 e. The Bertz CT molecular complexity index is 6540. The monoisotopic (exact) mass is 2120 g/mol. The van der Waals surface area contributed by atoms with Crippen LogP contribution in [0.15, 0.2) is 122 Å². The zero-order chi connectivity index (χ0) is 95.6. The van der Waals surface area contributed by atoms with Gasteiger partial charge < -0.3 is 78.3 Å². The number of hydrogen-bond acceptors (Lipinski definition) is 23. The van der Waals surface area contributed by atoms with Crippen molar-refractivity contribution >= 4 is 165 Å². The number of Topliss-reactive ketones (excluding diaryl/α,β-unsaturated/α-hetero) is 1. The largest absolute Gasteiger partial charge is 1.00 e. The average molecular weight is 2130 g/mol. The van der Waals surface area contributed by atoms with Crippen LogP contribution < -0.4 is 72.8 Å². The van der Waals surface area contributed by atoms with E-state index < -0.39 is 70.5 Å². The maximum absolute atomic E-state index is 15.0. The van der Waals surface area contributed by atoms with Crippen molar-refractivity contribution in [3.63, 3.8) is 0 Å². The number of nitrogens with one attached hydrogen (secondary N) is 1. The van der Waals surface area contributed by atoms with Crippen molar-refractivity contribution in [2.75, 3.05) is 102 Å². The Labute approximate surface area is 853 Å². The van der Waals surface area contributed by atoms with Crippen molar-refractivity contribution in [3.05, 3.63) is 204 Å². The van der Waals surface area contributed by atoms with Crippen molar-refractivity contribution in [2.45, 2.75) is 144 Å². The number of nitrogen functional groups attached to an aromatic ring is 1. The summed E-state index contributed by atoms with van der Waals surface area (Å²) in [5.74, 6) is -1.28. The number of nitrogens with zero attached hydrogens (tertiary/aromatic N) is 16. The molecule has 7 aromatic heterocycles. The van der Waals surface area contributed by atoms with E-state index in [1.54, 1.807) is 18.3 Å². The fraction of sp³-hybridized carbons (Fsp3) is 0.402. The first kappa shape index (κ1) is 105. The van der Waals surface area contributed by atoms with Gasteiger partial charge in [0.2, 0.25) is 11.2 Å². The molecule has 6 atom stereocenters. The summed E-state index contributed by atoms with van der Waals surface area (Å²) in [4.78, 5) is 56.8. The van der Waals surface area contributed by atoms with Crippen LogP contribution >= 0.6 is 59.4 Å². The third-order valence-corrected chi connectivity index (χ3v) is 25.1. The average Bonchev–Trinajstić information content (AvgIpc) is 1.60. The summed E-state index contributed by atoms with van der Waals surface area (Å²) in [5.41, 5.74) is 10.4. The topological polar surface area (TPSA) is 284 Å². The number of rotatable bonds is 7. The number of ketones is 1. The minimum Gasteiger partial charge on any atom is -1.00 e. The van der Waals surface area contributed by atoms with Gasteiger partial charge in [0.1, 0.15) is 119 Å². The summed E-state index contributed by atoms with van der Waals surface area (Å²) in [7, 11) is 1.53. The predicted octanol–water partition coefficient (Wildman–Crippen LogP) is 16.4. The van der Waals surface area contributed by atoms with Crippen LogP contribution in [0.4, 0.5) is 72.7 Å². The fourth-order valence-electron chi connectivity index (χ4n) is 16.3. The quantitative estimate of drug-likeness (QED) is 0.0649. The zero-order valence-corrected chi connectivity index (χ0v) is 85.0. The van der Waals surface area contributed by atoms with Gasteiger partial charge in [0.15, 0.2) is 52.3 Å². The molecule has 4 saturated heterocycles. The van der Waals surface area contributed by atoms with E-state index in [1.807, 2.05) is 107 Å². The van der Waals surface area contributed by atoms with Crippen LogP contribution in [0.1, 0.15) is 131 Å². The number of carbonyl (C=O) groups excluding carboxylic acids is 1. The Balaban J connectivity index is 0.000000149. The summed E-state index contributed by atoms with van der Waals surface area (Å²) < 4.78 is 192. The molecule has 3 radical (unpaired) electrons. The Morgan fingerprint density at radius 2 is 0.875 bits per heavy atom. The Hall–Kier alpha value is -8.31. The summed E-state index contributed by atoms with van der Waals surface area (Å²) in [6.07, 6.45) is 5.27. The van der Waals surface area contributed by atoms with Crippen molar-refractivity contribution in [2.24, 2.45) is 16.8 Å². The number of fused-ring (bicyclic) bond motifs is 12. The first-order valence-corrected chi connectivity index (χ1v) is 45.9. The number of ether oxygens (including phenoxy) is 6. The van der Waals surface area contributed by atoms with Gasteiger partial charge in [-0.2, -0.15) is 0 Å². The van der Waals surface area contributed by atoms with Gasteiger partial charge in [0.05, 0.1) is 121 Å². The molecule has 0 aliphatic carbocycles. The third-order valence-electron chi connectivity index (χ3n) is 23.6. The van der Waals surface area contributed by atoms with E-state index in [1.165, 1.54) is 36.4 Å². The number of anilines is 4. The van der Waals surface area contributed by atoms with Gasteiger partial charge in [-0.3, -0.25) is 4.79 Å². The first-order chi connectivity index (χ1) is 63.8. The molecular weight excluding hydrogens is 2030 g/mol. The molecule has 6 unspecified atom stereocenters. The summed E-state index contributed by atoms with van der Waals surface area (Å²) >= 11 is 15.0. The summed E-state index contributed by atoms with van der Waals surface area (Å²) in [6, 6.07) is 21.3. The number of imidazole rings is 4.